The highest BCUT2D eigenvalue weighted by Crippen LogP contribution is 2.45. The minimum atomic E-state index is -4.40. The quantitative estimate of drug-likeness (QED) is 0.372. The molecule has 1 aromatic heterocycles. The highest BCUT2D eigenvalue weighted by atomic mass is 32.2. The van der Waals surface area contributed by atoms with Crippen molar-refractivity contribution in [1.82, 2.24) is 14.5 Å². The Labute approximate surface area is 221 Å². The van der Waals surface area contributed by atoms with Gasteiger partial charge in [-0.25, -0.2) is 13.6 Å². The van der Waals surface area contributed by atoms with Crippen molar-refractivity contribution < 1.29 is 22.0 Å². The van der Waals surface area contributed by atoms with Crippen LogP contribution >= 0.6 is 11.8 Å². The first-order chi connectivity index (χ1) is 17.9. The fourth-order valence-corrected chi connectivity index (χ4v) is 7.10. The molecule has 0 spiro atoms. The lowest BCUT2D eigenvalue weighted by Crippen LogP contribution is -2.44. The van der Waals surface area contributed by atoms with Crippen molar-refractivity contribution in [2.45, 2.75) is 62.8 Å². The molecule has 0 bridgehead atoms. The minimum Gasteiger partial charge on any atom is -0.353 e. The molecule has 5 nitrogen and oxygen atoms in total. The Balaban J connectivity index is 1.77. The number of anilines is 1. The van der Waals surface area contributed by atoms with E-state index in [1.54, 1.807) is 0 Å². The first-order valence-electron chi connectivity index (χ1n) is 12.6. The SMILES string of the molecule is Cc1cc2c(N3CCCC[C@@H]3C)nc(=O)n3c2c(c1-c1ccc(F)cc1F)SC[C@@H](N(C)CC(F)(F)F)C3. The van der Waals surface area contributed by atoms with Crippen molar-refractivity contribution in [2.75, 3.05) is 30.8 Å². The number of hydrogen-bond donors (Lipinski definition) is 0. The smallest absolute Gasteiger partial charge is 0.353 e. The zero-order chi connectivity index (χ0) is 27.4. The topological polar surface area (TPSA) is 41.4 Å². The van der Waals surface area contributed by atoms with Crippen LogP contribution in [-0.2, 0) is 6.54 Å². The molecule has 0 unspecified atom stereocenters. The van der Waals surface area contributed by atoms with Crippen molar-refractivity contribution in [2.24, 2.45) is 0 Å². The van der Waals surface area contributed by atoms with Gasteiger partial charge in [0.15, 0.2) is 0 Å². The summed E-state index contributed by atoms with van der Waals surface area (Å²) in [7, 11) is 1.39. The van der Waals surface area contributed by atoms with E-state index >= 15 is 4.39 Å². The van der Waals surface area contributed by atoms with Crippen LogP contribution in [0.1, 0.15) is 31.7 Å². The molecular formula is C27H29F5N4OS. The minimum absolute atomic E-state index is 0.0130. The number of piperidine rings is 1. The van der Waals surface area contributed by atoms with Crippen molar-refractivity contribution >= 4 is 28.5 Å². The van der Waals surface area contributed by atoms with E-state index in [0.29, 0.717) is 32.7 Å². The van der Waals surface area contributed by atoms with Crippen LogP contribution in [0, 0.1) is 18.6 Å². The van der Waals surface area contributed by atoms with E-state index in [1.165, 1.54) is 40.4 Å². The summed E-state index contributed by atoms with van der Waals surface area (Å²) >= 11 is 1.30. The first kappa shape index (κ1) is 26.9. The molecule has 3 aromatic rings. The molecule has 38 heavy (non-hydrogen) atoms. The van der Waals surface area contributed by atoms with Crippen molar-refractivity contribution in [3.8, 4) is 11.1 Å². The monoisotopic (exact) mass is 552 g/mol. The molecule has 2 aliphatic rings. The standard InChI is InChI=1S/C27H29F5N4OS/c1-15-10-20-23-24(22(15)19-8-7-17(28)11-21(19)29)38-13-18(34(3)14-27(30,31)32)12-36(23)26(37)33-25(20)35-9-5-4-6-16(35)2/h7-8,10-11,16,18H,4-6,9,12-14H2,1-3H3/t16-,18-/m0/s1. The Morgan fingerprint density at radius 1 is 1.18 bits per heavy atom. The molecule has 2 aliphatic heterocycles. The summed E-state index contributed by atoms with van der Waals surface area (Å²) in [6, 6.07) is 4.77. The van der Waals surface area contributed by atoms with Crippen LogP contribution in [0.25, 0.3) is 22.0 Å². The van der Waals surface area contributed by atoms with Crippen LogP contribution in [0.3, 0.4) is 0 Å². The van der Waals surface area contributed by atoms with E-state index < -0.39 is 36.1 Å². The Kier molecular flexibility index (Phi) is 7.19. The third kappa shape index (κ3) is 5.02. The lowest BCUT2D eigenvalue weighted by molar-refractivity contribution is -0.147. The summed E-state index contributed by atoms with van der Waals surface area (Å²) in [5, 5.41) is 0.712. The third-order valence-corrected chi connectivity index (χ3v) is 8.77. The normalized spacial score (nSPS) is 20.3. The Hall–Kier alpha value is -2.66. The second-order valence-electron chi connectivity index (χ2n) is 10.3. The van der Waals surface area contributed by atoms with Crippen LogP contribution in [0.2, 0.25) is 0 Å². The molecule has 2 aromatic carbocycles. The van der Waals surface area contributed by atoms with E-state index in [4.69, 9.17) is 0 Å². The van der Waals surface area contributed by atoms with Gasteiger partial charge in [0.1, 0.15) is 17.5 Å². The molecule has 5 rings (SSSR count). The molecule has 1 fully saturated rings. The van der Waals surface area contributed by atoms with Gasteiger partial charge in [-0.05, 0) is 63.9 Å². The maximum absolute atomic E-state index is 15.1. The number of halogens is 5. The van der Waals surface area contributed by atoms with Gasteiger partial charge in [0.2, 0.25) is 0 Å². The molecule has 0 amide bonds. The zero-order valence-corrected chi connectivity index (χ0v) is 22.2. The number of aryl methyl sites for hydroxylation is 1. The number of nitrogens with zero attached hydrogens (tertiary/aromatic N) is 4. The van der Waals surface area contributed by atoms with Crippen LogP contribution in [0.4, 0.5) is 27.8 Å². The van der Waals surface area contributed by atoms with Gasteiger partial charge in [-0.2, -0.15) is 18.2 Å². The predicted molar refractivity (Wildman–Crippen MR) is 140 cm³/mol. The third-order valence-electron chi connectivity index (χ3n) is 7.54. The zero-order valence-electron chi connectivity index (χ0n) is 21.4. The summed E-state index contributed by atoms with van der Waals surface area (Å²) in [5.74, 6) is -0.657. The van der Waals surface area contributed by atoms with E-state index in [0.717, 1.165) is 31.9 Å². The second kappa shape index (κ2) is 10.1. The van der Waals surface area contributed by atoms with Crippen molar-refractivity contribution in [3.05, 3.63) is 51.9 Å². The van der Waals surface area contributed by atoms with Crippen LogP contribution < -0.4 is 10.6 Å². The van der Waals surface area contributed by atoms with E-state index in [1.807, 2.05) is 13.0 Å². The molecule has 2 atom stereocenters. The molecule has 0 saturated carbocycles. The molecule has 11 heteroatoms. The van der Waals surface area contributed by atoms with Gasteiger partial charge in [0.25, 0.3) is 0 Å². The van der Waals surface area contributed by atoms with E-state index in [2.05, 4.69) is 16.8 Å². The van der Waals surface area contributed by atoms with Crippen molar-refractivity contribution in [1.29, 1.82) is 0 Å². The number of likely N-dealkylation sites (N-methyl/N-ethyl adjacent to an activating group) is 1. The molecular weight excluding hydrogens is 523 g/mol. The fraction of sp³-hybridized carbons (Fsp3) is 0.481. The van der Waals surface area contributed by atoms with Crippen molar-refractivity contribution in [3.63, 3.8) is 0 Å². The Morgan fingerprint density at radius 3 is 2.63 bits per heavy atom. The van der Waals surface area contributed by atoms with E-state index in [-0.39, 0.29) is 23.9 Å². The number of rotatable bonds is 4. The number of aromatic nitrogens is 2. The van der Waals surface area contributed by atoms with Gasteiger partial charge in [0, 0.05) is 58.4 Å². The van der Waals surface area contributed by atoms with Crippen LogP contribution in [0.15, 0.2) is 34.0 Å². The summed E-state index contributed by atoms with van der Waals surface area (Å²) in [6.07, 6.45) is -1.41. The van der Waals surface area contributed by atoms with Crippen LogP contribution in [0.5, 0.6) is 0 Å². The molecule has 0 N–H and O–H groups in total. The molecule has 1 saturated heterocycles. The Morgan fingerprint density at radius 2 is 1.95 bits per heavy atom. The predicted octanol–water partition coefficient (Wildman–Crippen LogP) is 6.00. The fourth-order valence-electron chi connectivity index (χ4n) is 5.61. The summed E-state index contributed by atoms with van der Waals surface area (Å²) in [5.41, 5.74) is 1.39. The first-order valence-corrected chi connectivity index (χ1v) is 13.6. The van der Waals surface area contributed by atoms with Gasteiger partial charge in [-0.3, -0.25) is 9.47 Å². The summed E-state index contributed by atoms with van der Waals surface area (Å²) in [6.45, 7) is 3.54. The highest BCUT2D eigenvalue weighted by molar-refractivity contribution is 7.99. The Bertz CT molecular complexity index is 1440. The van der Waals surface area contributed by atoms with Gasteiger partial charge >= 0.3 is 11.9 Å². The van der Waals surface area contributed by atoms with E-state index in [9.17, 15) is 22.4 Å². The largest absolute Gasteiger partial charge is 0.401 e. The highest BCUT2D eigenvalue weighted by Gasteiger charge is 2.35. The summed E-state index contributed by atoms with van der Waals surface area (Å²) < 4.78 is 70.0. The summed E-state index contributed by atoms with van der Waals surface area (Å²) in [4.78, 5) is 21.9. The second-order valence-corrected chi connectivity index (χ2v) is 11.3. The average Bonchev–Trinajstić information content (AvgIpc) is 3.03. The van der Waals surface area contributed by atoms with Crippen LogP contribution in [-0.4, -0.2) is 58.6 Å². The molecule has 204 valence electrons. The number of benzene rings is 2. The maximum Gasteiger partial charge on any atom is 0.401 e. The van der Waals surface area contributed by atoms with Gasteiger partial charge in [-0.1, -0.05) is 0 Å². The average molecular weight is 553 g/mol. The van der Waals surface area contributed by atoms with Gasteiger partial charge < -0.3 is 4.90 Å². The van der Waals surface area contributed by atoms with Gasteiger partial charge in [0.05, 0.1) is 12.1 Å². The lowest BCUT2D eigenvalue weighted by Gasteiger charge is -2.35. The number of alkyl halides is 3. The lowest BCUT2D eigenvalue weighted by atomic mass is 9.96. The molecule has 0 radical (unpaired) electrons. The number of thioether (sulfide) groups is 1. The maximum atomic E-state index is 15.1. The molecule has 0 aliphatic carbocycles. The van der Waals surface area contributed by atoms with Gasteiger partial charge in [-0.15, -0.1) is 11.8 Å². The molecule has 3 heterocycles. The number of hydrogen-bond acceptors (Lipinski definition) is 5.